The van der Waals surface area contributed by atoms with Crippen molar-refractivity contribution >= 4 is 6.08 Å². The second-order valence-electron chi connectivity index (χ2n) is 3.48. The molecule has 1 heteroatoms. The summed E-state index contributed by atoms with van der Waals surface area (Å²) in [5, 5.41) is 3.37. The largest absolute Gasteiger partial charge is 0.310 e. The van der Waals surface area contributed by atoms with E-state index in [0.717, 1.165) is 6.54 Å². The number of benzene rings is 1. The summed E-state index contributed by atoms with van der Waals surface area (Å²) in [4.78, 5) is 0. The Kier molecular flexibility index (Phi) is 3.71. The van der Waals surface area contributed by atoms with Crippen LogP contribution in [0.2, 0.25) is 0 Å². The van der Waals surface area contributed by atoms with E-state index in [4.69, 9.17) is 0 Å². The standard InChI is InChI=1S/C12H17N/c1-4-11-5-7-12(8-6-11)9-13-10(2)3/h4-8,10,13H,1,9H2,2-3H3. The van der Waals surface area contributed by atoms with Gasteiger partial charge >= 0.3 is 0 Å². The van der Waals surface area contributed by atoms with Crippen LogP contribution in [-0.2, 0) is 6.54 Å². The van der Waals surface area contributed by atoms with Gasteiger partial charge in [-0.2, -0.15) is 0 Å². The van der Waals surface area contributed by atoms with E-state index in [-0.39, 0.29) is 0 Å². The van der Waals surface area contributed by atoms with Crippen molar-refractivity contribution in [3.8, 4) is 0 Å². The van der Waals surface area contributed by atoms with Crippen molar-refractivity contribution in [2.75, 3.05) is 0 Å². The molecule has 0 aliphatic heterocycles. The highest BCUT2D eigenvalue weighted by Gasteiger charge is 1.94. The van der Waals surface area contributed by atoms with Crippen LogP contribution in [0, 0.1) is 0 Å². The molecule has 0 atom stereocenters. The summed E-state index contributed by atoms with van der Waals surface area (Å²) in [7, 11) is 0. The fourth-order valence-electron chi connectivity index (χ4n) is 1.09. The maximum Gasteiger partial charge on any atom is 0.0207 e. The van der Waals surface area contributed by atoms with E-state index in [1.165, 1.54) is 11.1 Å². The van der Waals surface area contributed by atoms with Gasteiger partial charge in [0.2, 0.25) is 0 Å². The first-order chi connectivity index (χ1) is 6.22. The van der Waals surface area contributed by atoms with Crippen LogP contribution in [0.5, 0.6) is 0 Å². The number of nitrogens with one attached hydrogen (secondary N) is 1. The van der Waals surface area contributed by atoms with Crippen LogP contribution in [0.3, 0.4) is 0 Å². The normalized spacial score (nSPS) is 10.4. The summed E-state index contributed by atoms with van der Waals surface area (Å²) >= 11 is 0. The monoisotopic (exact) mass is 175 g/mol. The lowest BCUT2D eigenvalue weighted by Gasteiger charge is -2.07. The average Bonchev–Trinajstić information content (AvgIpc) is 2.15. The molecule has 1 N–H and O–H groups in total. The second kappa shape index (κ2) is 4.83. The predicted molar refractivity (Wildman–Crippen MR) is 58.5 cm³/mol. The van der Waals surface area contributed by atoms with E-state index in [1.807, 2.05) is 6.08 Å². The first kappa shape index (κ1) is 10.0. The Bertz CT molecular complexity index is 259. The predicted octanol–water partition coefficient (Wildman–Crippen LogP) is 2.83. The molecule has 13 heavy (non-hydrogen) atoms. The Morgan fingerprint density at radius 1 is 1.31 bits per heavy atom. The third kappa shape index (κ3) is 3.43. The molecule has 0 amide bonds. The lowest BCUT2D eigenvalue weighted by atomic mass is 10.1. The van der Waals surface area contributed by atoms with Crippen LogP contribution in [-0.4, -0.2) is 6.04 Å². The van der Waals surface area contributed by atoms with Gasteiger partial charge in [-0.15, -0.1) is 0 Å². The Balaban J connectivity index is 2.54. The summed E-state index contributed by atoms with van der Waals surface area (Å²) in [6.45, 7) is 8.96. The van der Waals surface area contributed by atoms with Gasteiger partial charge in [0.25, 0.3) is 0 Å². The van der Waals surface area contributed by atoms with E-state index >= 15 is 0 Å². The Labute approximate surface area is 80.5 Å². The van der Waals surface area contributed by atoms with Gasteiger partial charge in [-0.25, -0.2) is 0 Å². The minimum absolute atomic E-state index is 0.541. The zero-order chi connectivity index (χ0) is 9.68. The van der Waals surface area contributed by atoms with Gasteiger partial charge < -0.3 is 5.32 Å². The summed E-state index contributed by atoms with van der Waals surface area (Å²) in [5.41, 5.74) is 2.49. The molecule has 0 spiro atoms. The fourth-order valence-corrected chi connectivity index (χ4v) is 1.09. The van der Waals surface area contributed by atoms with Crippen LogP contribution in [0.4, 0.5) is 0 Å². The van der Waals surface area contributed by atoms with Gasteiger partial charge in [0.1, 0.15) is 0 Å². The number of hydrogen-bond acceptors (Lipinski definition) is 1. The van der Waals surface area contributed by atoms with Gasteiger partial charge in [0.05, 0.1) is 0 Å². The lowest BCUT2D eigenvalue weighted by molar-refractivity contribution is 0.589. The van der Waals surface area contributed by atoms with Crippen molar-refractivity contribution in [1.82, 2.24) is 5.32 Å². The van der Waals surface area contributed by atoms with Crippen LogP contribution in [0.15, 0.2) is 30.8 Å². The molecule has 0 heterocycles. The third-order valence-electron chi connectivity index (χ3n) is 1.93. The van der Waals surface area contributed by atoms with E-state index in [0.29, 0.717) is 6.04 Å². The molecular weight excluding hydrogens is 158 g/mol. The summed E-state index contributed by atoms with van der Waals surface area (Å²) in [6.07, 6.45) is 1.86. The van der Waals surface area contributed by atoms with Gasteiger partial charge in [0, 0.05) is 12.6 Å². The molecule has 0 aromatic heterocycles. The highest BCUT2D eigenvalue weighted by atomic mass is 14.9. The molecule has 1 rings (SSSR count). The van der Waals surface area contributed by atoms with E-state index < -0.39 is 0 Å². The van der Waals surface area contributed by atoms with Crippen molar-refractivity contribution in [3.05, 3.63) is 42.0 Å². The smallest absolute Gasteiger partial charge is 0.0207 e. The lowest BCUT2D eigenvalue weighted by Crippen LogP contribution is -2.21. The highest BCUT2D eigenvalue weighted by molar-refractivity contribution is 5.47. The molecular formula is C12H17N. The van der Waals surface area contributed by atoms with Crippen LogP contribution in [0.25, 0.3) is 6.08 Å². The van der Waals surface area contributed by atoms with E-state index in [9.17, 15) is 0 Å². The zero-order valence-electron chi connectivity index (χ0n) is 8.38. The highest BCUT2D eigenvalue weighted by Crippen LogP contribution is 2.05. The molecule has 0 radical (unpaired) electrons. The van der Waals surface area contributed by atoms with Crippen molar-refractivity contribution in [2.45, 2.75) is 26.4 Å². The van der Waals surface area contributed by atoms with Crippen LogP contribution < -0.4 is 5.32 Å². The summed E-state index contributed by atoms with van der Waals surface area (Å²) < 4.78 is 0. The summed E-state index contributed by atoms with van der Waals surface area (Å²) in [5.74, 6) is 0. The molecule has 0 saturated heterocycles. The minimum atomic E-state index is 0.541. The molecule has 0 fully saturated rings. The number of rotatable bonds is 4. The molecule has 1 nitrogen and oxygen atoms in total. The molecule has 1 aromatic carbocycles. The SMILES string of the molecule is C=Cc1ccc(CNC(C)C)cc1. The summed E-state index contributed by atoms with van der Waals surface area (Å²) in [6, 6.07) is 8.98. The van der Waals surface area contributed by atoms with Gasteiger partial charge in [-0.05, 0) is 11.1 Å². The van der Waals surface area contributed by atoms with E-state index in [1.54, 1.807) is 0 Å². The first-order valence-corrected chi connectivity index (χ1v) is 4.67. The average molecular weight is 175 g/mol. The fraction of sp³-hybridized carbons (Fsp3) is 0.333. The number of hydrogen-bond donors (Lipinski definition) is 1. The van der Waals surface area contributed by atoms with Crippen LogP contribution in [0.1, 0.15) is 25.0 Å². The van der Waals surface area contributed by atoms with Crippen molar-refractivity contribution in [3.63, 3.8) is 0 Å². The molecule has 0 unspecified atom stereocenters. The molecule has 0 bridgehead atoms. The quantitative estimate of drug-likeness (QED) is 0.742. The van der Waals surface area contributed by atoms with Crippen molar-refractivity contribution in [2.24, 2.45) is 0 Å². The minimum Gasteiger partial charge on any atom is -0.310 e. The Morgan fingerprint density at radius 2 is 1.92 bits per heavy atom. The van der Waals surface area contributed by atoms with Gasteiger partial charge in [0.15, 0.2) is 0 Å². The molecule has 0 saturated carbocycles. The topological polar surface area (TPSA) is 12.0 Å². The van der Waals surface area contributed by atoms with Gasteiger partial charge in [-0.3, -0.25) is 0 Å². The molecule has 70 valence electrons. The third-order valence-corrected chi connectivity index (χ3v) is 1.93. The second-order valence-corrected chi connectivity index (χ2v) is 3.48. The maximum absolute atomic E-state index is 3.72. The van der Waals surface area contributed by atoms with Gasteiger partial charge in [-0.1, -0.05) is 50.8 Å². The van der Waals surface area contributed by atoms with Crippen molar-refractivity contribution < 1.29 is 0 Å². The first-order valence-electron chi connectivity index (χ1n) is 4.67. The molecule has 0 aliphatic carbocycles. The molecule has 1 aromatic rings. The van der Waals surface area contributed by atoms with E-state index in [2.05, 4.69) is 50.0 Å². The van der Waals surface area contributed by atoms with Crippen LogP contribution >= 0.6 is 0 Å². The maximum atomic E-state index is 3.72. The Morgan fingerprint density at radius 3 is 2.38 bits per heavy atom. The molecule has 0 aliphatic rings. The van der Waals surface area contributed by atoms with Crippen molar-refractivity contribution in [1.29, 1.82) is 0 Å². The Hall–Kier alpha value is -1.08. The zero-order valence-corrected chi connectivity index (χ0v) is 8.38.